The van der Waals surface area contributed by atoms with E-state index in [4.69, 9.17) is 33.2 Å². The second-order valence-corrected chi connectivity index (χ2v) is 21.4. The van der Waals surface area contributed by atoms with Crippen molar-refractivity contribution >= 4 is 0 Å². The van der Waals surface area contributed by atoms with Gasteiger partial charge < -0.3 is 33.2 Å². The highest BCUT2D eigenvalue weighted by molar-refractivity contribution is 5.27. The number of hydrogen-bond acceptors (Lipinski definition) is 7. The van der Waals surface area contributed by atoms with Gasteiger partial charge in [-0.1, -0.05) is 295 Å². The smallest absolute Gasteiger partial charge is 0.167 e. The van der Waals surface area contributed by atoms with E-state index in [-0.39, 0.29) is 13.6 Å². The normalized spacial score (nSPS) is 13.1. The van der Waals surface area contributed by atoms with Crippen LogP contribution in [0, 0.1) is 0 Å². The molecule has 0 aliphatic heterocycles. The Morgan fingerprint density at radius 1 is 0.293 bits per heavy atom. The van der Waals surface area contributed by atoms with Gasteiger partial charge in [0, 0.05) is 12.8 Å². The number of allylic oxidation sites excluding steroid dienone is 2. The van der Waals surface area contributed by atoms with Crippen LogP contribution in [0.3, 0.4) is 0 Å². The van der Waals surface area contributed by atoms with E-state index < -0.39 is 12.2 Å². The van der Waals surface area contributed by atoms with E-state index in [0.29, 0.717) is 26.4 Å². The van der Waals surface area contributed by atoms with Crippen molar-refractivity contribution in [1.29, 1.82) is 0 Å². The predicted octanol–water partition coefficient (Wildman–Crippen LogP) is 21.9. The molecule has 2 rings (SSSR count). The maximum atomic E-state index is 6.93. The highest BCUT2D eigenvalue weighted by Crippen LogP contribution is 2.35. The molecular weight excluding hydrogens is 929 g/mol. The van der Waals surface area contributed by atoms with E-state index in [1.807, 2.05) is 0 Å². The quantitative estimate of drug-likeness (QED) is 0.0371. The maximum Gasteiger partial charge on any atom is 0.167 e. The van der Waals surface area contributed by atoms with Gasteiger partial charge in [-0.2, -0.15) is 0 Å². The van der Waals surface area contributed by atoms with Gasteiger partial charge in [0.2, 0.25) is 0 Å². The van der Waals surface area contributed by atoms with E-state index in [1.54, 1.807) is 0 Å². The van der Waals surface area contributed by atoms with Gasteiger partial charge in [-0.3, -0.25) is 0 Å². The third-order valence-electron chi connectivity index (χ3n) is 14.4. The summed E-state index contributed by atoms with van der Waals surface area (Å²) in [6.07, 6.45) is 44.5. The molecule has 0 fully saturated rings. The van der Waals surface area contributed by atoms with Crippen molar-refractivity contribution in [3.8, 4) is 0 Å². The molecule has 75 heavy (non-hydrogen) atoms. The summed E-state index contributed by atoms with van der Waals surface area (Å²) in [5.41, 5.74) is 2.06. The minimum atomic E-state index is -0.494. The van der Waals surface area contributed by atoms with Gasteiger partial charge in [0.25, 0.3) is 0 Å². The Kier molecular flexibility index (Phi) is 47.0. The highest BCUT2D eigenvalue weighted by Gasteiger charge is 2.27. The molecule has 0 N–H and O–H groups in total. The fourth-order valence-electron chi connectivity index (χ4n) is 9.72. The fourth-order valence-corrected chi connectivity index (χ4v) is 9.72. The average Bonchev–Trinajstić information content (AvgIpc) is 3.43. The van der Waals surface area contributed by atoms with Crippen LogP contribution in [-0.4, -0.2) is 40.0 Å². The number of hydrogen-bond donors (Lipinski definition) is 0. The van der Waals surface area contributed by atoms with Crippen LogP contribution in [-0.2, 0) is 33.2 Å². The van der Waals surface area contributed by atoms with Crippen molar-refractivity contribution in [3.63, 3.8) is 0 Å². The molecule has 0 aliphatic rings. The lowest BCUT2D eigenvalue weighted by molar-refractivity contribution is -0.168. The van der Waals surface area contributed by atoms with Crippen LogP contribution in [0.25, 0.3) is 0 Å². The largest absolute Gasteiger partial charge is 0.494 e. The Morgan fingerprint density at radius 3 is 0.840 bits per heavy atom. The predicted molar refractivity (Wildman–Crippen MR) is 319 cm³/mol. The first-order valence-corrected chi connectivity index (χ1v) is 32.0. The molecule has 0 saturated heterocycles. The molecule has 2 aromatic rings. The standard InChI is InChI=1S/C68H118O7/c1-7-13-19-25-27-29-31-43-53-63(70-55-45-33-21-15-9-3)67(72-57-47-35-23-17-11-5)65(61-49-39-37-40-50-61)74-59-69-60-75-66(62-51-41-38-42-52-62)68(73-58-48-36-24-18-12-6)64(71-56-46-34-22-16-10-4)54-44-32-30-28-26-20-14-8-2/h37-42,49-52,65-66H,7-36,43-48,53-60H2,1-6H3. The van der Waals surface area contributed by atoms with Gasteiger partial charge in [0.15, 0.2) is 25.1 Å². The zero-order valence-electron chi connectivity index (χ0n) is 49.9. The molecule has 0 saturated carbocycles. The summed E-state index contributed by atoms with van der Waals surface area (Å²) in [4.78, 5) is 0. The molecule has 0 bridgehead atoms. The van der Waals surface area contributed by atoms with E-state index in [9.17, 15) is 0 Å². The summed E-state index contributed by atoms with van der Waals surface area (Å²) in [5, 5.41) is 0. The first kappa shape index (κ1) is 68.1. The summed E-state index contributed by atoms with van der Waals surface area (Å²) < 4.78 is 47.8. The summed E-state index contributed by atoms with van der Waals surface area (Å²) in [6, 6.07) is 21.1. The van der Waals surface area contributed by atoms with Crippen LogP contribution in [0.15, 0.2) is 83.7 Å². The van der Waals surface area contributed by atoms with E-state index >= 15 is 0 Å². The van der Waals surface area contributed by atoms with Crippen molar-refractivity contribution in [2.75, 3.05) is 40.0 Å². The molecule has 432 valence electrons. The molecule has 0 heterocycles. The number of benzene rings is 2. The lowest BCUT2D eigenvalue weighted by Crippen LogP contribution is -2.19. The van der Waals surface area contributed by atoms with Gasteiger partial charge in [0.05, 0.1) is 26.4 Å². The fraction of sp³-hybridized carbons (Fsp3) is 0.765. The molecular formula is C68H118O7. The Hall–Kier alpha value is -3.00. The molecule has 0 radical (unpaired) electrons. The monoisotopic (exact) mass is 1050 g/mol. The van der Waals surface area contributed by atoms with Crippen molar-refractivity contribution in [1.82, 2.24) is 0 Å². The molecule has 7 heteroatoms. The van der Waals surface area contributed by atoms with Crippen LogP contribution >= 0.6 is 0 Å². The zero-order valence-corrected chi connectivity index (χ0v) is 49.9. The van der Waals surface area contributed by atoms with Crippen LogP contribution in [0.2, 0.25) is 0 Å². The van der Waals surface area contributed by atoms with E-state index in [2.05, 4.69) is 102 Å². The lowest BCUT2D eigenvalue weighted by atomic mass is 10.0. The average molecular weight is 1050 g/mol. The third-order valence-corrected chi connectivity index (χ3v) is 14.4. The van der Waals surface area contributed by atoms with Gasteiger partial charge in [0.1, 0.15) is 23.7 Å². The van der Waals surface area contributed by atoms with Crippen molar-refractivity contribution in [3.05, 3.63) is 94.8 Å². The Balaban J connectivity index is 2.50. The number of rotatable bonds is 56. The Bertz CT molecular complexity index is 1440. The topological polar surface area (TPSA) is 64.6 Å². The molecule has 7 nitrogen and oxygen atoms in total. The maximum absolute atomic E-state index is 6.93. The first-order chi connectivity index (χ1) is 37.1. The minimum absolute atomic E-state index is 0.0171. The van der Waals surface area contributed by atoms with Crippen molar-refractivity contribution in [2.24, 2.45) is 0 Å². The van der Waals surface area contributed by atoms with Crippen LogP contribution < -0.4 is 0 Å². The van der Waals surface area contributed by atoms with Crippen molar-refractivity contribution < 1.29 is 33.2 Å². The second kappa shape index (κ2) is 51.7. The molecule has 0 amide bonds. The number of unbranched alkanes of at least 4 members (excludes halogenated alkanes) is 30. The SMILES string of the molecule is CCCCCCCCCCC(OCCCCCCC)=C(OCCCCCCC)C(OCOCOC(C(OCCCCCCC)=C(CCCCCCCCCC)OCCCCCCC)c1ccccc1)c1ccccc1. The van der Waals surface area contributed by atoms with E-state index in [1.165, 1.54) is 180 Å². The minimum Gasteiger partial charge on any atom is -0.494 e. The summed E-state index contributed by atoms with van der Waals surface area (Å²) in [6.45, 7) is 16.3. The molecule has 2 unspecified atom stereocenters. The Labute approximate surface area is 463 Å². The second-order valence-electron chi connectivity index (χ2n) is 21.4. The third kappa shape index (κ3) is 35.9. The first-order valence-electron chi connectivity index (χ1n) is 32.0. The van der Waals surface area contributed by atoms with Crippen LogP contribution in [0.4, 0.5) is 0 Å². The van der Waals surface area contributed by atoms with Gasteiger partial charge in [-0.15, -0.1) is 0 Å². The molecule has 2 atom stereocenters. The molecule has 2 aromatic carbocycles. The summed E-state index contributed by atoms with van der Waals surface area (Å²) in [5.74, 6) is 3.48. The lowest BCUT2D eigenvalue weighted by Gasteiger charge is -2.27. The summed E-state index contributed by atoms with van der Waals surface area (Å²) in [7, 11) is 0. The van der Waals surface area contributed by atoms with Gasteiger partial charge in [-0.05, 0) is 49.7 Å². The van der Waals surface area contributed by atoms with Crippen LogP contribution in [0.1, 0.15) is 309 Å². The molecule has 0 spiro atoms. The highest BCUT2D eigenvalue weighted by atomic mass is 16.7. The molecule has 0 aromatic heterocycles. The van der Waals surface area contributed by atoms with Gasteiger partial charge >= 0.3 is 0 Å². The Morgan fingerprint density at radius 2 is 0.547 bits per heavy atom. The molecule has 0 aliphatic carbocycles. The van der Waals surface area contributed by atoms with E-state index in [0.717, 1.165) is 98.4 Å². The number of ether oxygens (including phenoxy) is 7. The van der Waals surface area contributed by atoms with Crippen LogP contribution in [0.5, 0.6) is 0 Å². The van der Waals surface area contributed by atoms with Gasteiger partial charge in [-0.25, -0.2) is 0 Å². The summed E-state index contributed by atoms with van der Waals surface area (Å²) >= 11 is 0. The zero-order chi connectivity index (χ0) is 53.8. The van der Waals surface area contributed by atoms with Crippen molar-refractivity contribution in [2.45, 2.75) is 298 Å².